The van der Waals surface area contributed by atoms with Gasteiger partial charge in [0, 0.05) is 13.0 Å². The van der Waals surface area contributed by atoms with Crippen molar-refractivity contribution in [3.05, 3.63) is 27.7 Å². The second-order valence-electron chi connectivity index (χ2n) is 3.70. The summed E-state index contributed by atoms with van der Waals surface area (Å²) < 4.78 is 0. The summed E-state index contributed by atoms with van der Waals surface area (Å²) in [7, 11) is 0. The summed E-state index contributed by atoms with van der Waals surface area (Å²) in [5, 5.41) is 6.76. The first-order chi connectivity index (χ1) is 8.06. The molecule has 0 atom stereocenters. The number of nitrogens with one attached hydrogen (secondary N) is 2. The van der Waals surface area contributed by atoms with Crippen molar-refractivity contribution in [1.82, 2.24) is 5.32 Å². The van der Waals surface area contributed by atoms with Crippen LogP contribution in [0, 0.1) is 6.92 Å². The van der Waals surface area contributed by atoms with E-state index in [1.165, 1.54) is 0 Å². The van der Waals surface area contributed by atoms with Crippen molar-refractivity contribution >= 4 is 34.8 Å². The van der Waals surface area contributed by atoms with Gasteiger partial charge in [0.1, 0.15) is 0 Å². The average molecular weight is 275 g/mol. The number of rotatable bonds is 5. The Morgan fingerprint density at radius 1 is 1.35 bits per heavy atom. The highest BCUT2D eigenvalue weighted by atomic mass is 35.5. The Kier molecular flexibility index (Phi) is 5.75. The lowest BCUT2D eigenvalue weighted by atomic mass is 10.2. The summed E-state index contributed by atoms with van der Waals surface area (Å²) in [6.07, 6.45) is 0.397. The third-order valence-corrected chi connectivity index (χ3v) is 3.13. The SMILES string of the molecule is CCNCCC(=O)Nc1c(Cl)ccc(C)c1Cl. The van der Waals surface area contributed by atoms with Crippen LogP contribution in [-0.2, 0) is 4.79 Å². The number of aryl methyl sites for hydroxylation is 1. The number of halogens is 2. The van der Waals surface area contributed by atoms with Crippen LogP contribution < -0.4 is 10.6 Å². The molecule has 0 fully saturated rings. The molecule has 0 aliphatic rings. The Balaban J connectivity index is 2.68. The minimum atomic E-state index is -0.0969. The normalized spacial score (nSPS) is 10.4. The van der Waals surface area contributed by atoms with Gasteiger partial charge in [-0.1, -0.05) is 36.2 Å². The van der Waals surface area contributed by atoms with Gasteiger partial charge in [-0.05, 0) is 25.1 Å². The van der Waals surface area contributed by atoms with Crippen molar-refractivity contribution in [3.63, 3.8) is 0 Å². The van der Waals surface area contributed by atoms with Gasteiger partial charge >= 0.3 is 0 Å². The number of anilines is 1. The molecule has 0 unspecified atom stereocenters. The number of carbonyl (C=O) groups is 1. The zero-order valence-electron chi connectivity index (χ0n) is 9.94. The van der Waals surface area contributed by atoms with Crippen molar-refractivity contribution in [3.8, 4) is 0 Å². The minimum Gasteiger partial charge on any atom is -0.323 e. The summed E-state index contributed by atoms with van der Waals surface area (Å²) in [5.74, 6) is -0.0969. The van der Waals surface area contributed by atoms with Crippen molar-refractivity contribution < 1.29 is 4.79 Å². The highest BCUT2D eigenvalue weighted by molar-refractivity contribution is 6.40. The average Bonchev–Trinajstić information content (AvgIpc) is 2.30. The third-order valence-electron chi connectivity index (χ3n) is 2.33. The molecule has 0 spiro atoms. The van der Waals surface area contributed by atoms with E-state index in [0.717, 1.165) is 12.1 Å². The maximum absolute atomic E-state index is 11.6. The third kappa shape index (κ3) is 4.19. The van der Waals surface area contributed by atoms with Crippen LogP contribution in [0.5, 0.6) is 0 Å². The van der Waals surface area contributed by atoms with Crippen molar-refractivity contribution in [2.24, 2.45) is 0 Å². The summed E-state index contributed by atoms with van der Waals surface area (Å²) in [6, 6.07) is 3.54. The molecule has 0 heterocycles. The molecule has 94 valence electrons. The van der Waals surface area contributed by atoms with E-state index in [2.05, 4.69) is 10.6 Å². The number of hydrogen-bond donors (Lipinski definition) is 2. The van der Waals surface area contributed by atoms with E-state index in [1.807, 2.05) is 19.9 Å². The van der Waals surface area contributed by atoms with Crippen LogP contribution in [-0.4, -0.2) is 19.0 Å². The first-order valence-electron chi connectivity index (χ1n) is 5.51. The van der Waals surface area contributed by atoms with Crippen LogP contribution in [0.4, 0.5) is 5.69 Å². The second kappa shape index (κ2) is 6.84. The molecule has 0 radical (unpaired) electrons. The summed E-state index contributed by atoms with van der Waals surface area (Å²) in [6.45, 7) is 5.35. The van der Waals surface area contributed by atoms with Gasteiger partial charge in [0.15, 0.2) is 0 Å². The fourth-order valence-electron chi connectivity index (χ4n) is 1.35. The number of carbonyl (C=O) groups excluding carboxylic acids is 1. The molecule has 17 heavy (non-hydrogen) atoms. The zero-order chi connectivity index (χ0) is 12.8. The van der Waals surface area contributed by atoms with Crippen LogP contribution in [0.2, 0.25) is 10.0 Å². The lowest BCUT2D eigenvalue weighted by Crippen LogP contribution is -2.21. The van der Waals surface area contributed by atoms with Gasteiger partial charge in [0.2, 0.25) is 5.91 Å². The number of hydrogen-bond acceptors (Lipinski definition) is 2. The monoisotopic (exact) mass is 274 g/mol. The van der Waals surface area contributed by atoms with Crippen molar-refractivity contribution in [2.45, 2.75) is 20.3 Å². The Bertz CT molecular complexity index is 408. The quantitative estimate of drug-likeness (QED) is 0.810. The molecule has 1 amide bonds. The first-order valence-corrected chi connectivity index (χ1v) is 6.27. The van der Waals surface area contributed by atoms with Gasteiger partial charge in [0.25, 0.3) is 0 Å². The lowest BCUT2D eigenvalue weighted by Gasteiger charge is -2.11. The molecule has 0 saturated carbocycles. The molecule has 0 aliphatic heterocycles. The molecule has 1 aromatic carbocycles. The fourth-order valence-corrected chi connectivity index (χ4v) is 1.82. The van der Waals surface area contributed by atoms with Gasteiger partial charge in [-0.3, -0.25) is 4.79 Å². The van der Waals surface area contributed by atoms with Crippen LogP contribution in [0.3, 0.4) is 0 Å². The van der Waals surface area contributed by atoms with Gasteiger partial charge in [0.05, 0.1) is 15.7 Å². The van der Waals surface area contributed by atoms with Gasteiger partial charge in [-0.15, -0.1) is 0 Å². The number of benzene rings is 1. The van der Waals surface area contributed by atoms with E-state index < -0.39 is 0 Å². The molecular formula is C12H16Cl2N2O. The molecule has 0 aliphatic carbocycles. The first kappa shape index (κ1) is 14.3. The van der Waals surface area contributed by atoms with E-state index in [-0.39, 0.29) is 5.91 Å². The summed E-state index contributed by atoms with van der Waals surface area (Å²) in [4.78, 5) is 11.6. The van der Waals surface area contributed by atoms with E-state index in [9.17, 15) is 4.79 Å². The Hall–Kier alpha value is -0.770. The van der Waals surface area contributed by atoms with Crippen LogP contribution >= 0.6 is 23.2 Å². The summed E-state index contributed by atoms with van der Waals surface area (Å²) >= 11 is 12.1. The molecule has 1 rings (SSSR count). The molecule has 1 aromatic rings. The lowest BCUT2D eigenvalue weighted by molar-refractivity contribution is -0.116. The maximum Gasteiger partial charge on any atom is 0.225 e. The Labute approximate surface area is 111 Å². The second-order valence-corrected chi connectivity index (χ2v) is 4.49. The molecule has 5 heteroatoms. The van der Waals surface area contributed by atoms with E-state index in [0.29, 0.717) is 28.7 Å². The highest BCUT2D eigenvalue weighted by Crippen LogP contribution is 2.32. The molecule has 0 saturated heterocycles. The zero-order valence-corrected chi connectivity index (χ0v) is 11.5. The molecule has 0 aromatic heterocycles. The Morgan fingerprint density at radius 2 is 2.06 bits per heavy atom. The van der Waals surface area contributed by atoms with Crippen LogP contribution in [0.1, 0.15) is 18.9 Å². The van der Waals surface area contributed by atoms with Gasteiger partial charge < -0.3 is 10.6 Å². The topological polar surface area (TPSA) is 41.1 Å². The Morgan fingerprint density at radius 3 is 2.71 bits per heavy atom. The van der Waals surface area contributed by atoms with Crippen molar-refractivity contribution in [2.75, 3.05) is 18.4 Å². The standard InChI is InChI=1S/C12H16Cl2N2O/c1-3-15-7-6-10(17)16-12-9(13)5-4-8(2)11(12)14/h4-5,15H,3,6-7H2,1-2H3,(H,16,17). The van der Waals surface area contributed by atoms with E-state index in [4.69, 9.17) is 23.2 Å². The van der Waals surface area contributed by atoms with E-state index in [1.54, 1.807) is 6.07 Å². The van der Waals surface area contributed by atoms with Crippen LogP contribution in [0.25, 0.3) is 0 Å². The number of amides is 1. The van der Waals surface area contributed by atoms with Crippen LogP contribution in [0.15, 0.2) is 12.1 Å². The van der Waals surface area contributed by atoms with Gasteiger partial charge in [-0.25, -0.2) is 0 Å². The summed E-state index contributed by atoms with van der Waals surface area (Å²) in [5.41, 5.74) is 1.38. The predicted octanol–water partition coefficient (Wildman–Crippen LogP) is 3.24. The molecule has 0 bridgehead atoms. The molecule has 2 N–H and O–H groups in total. The predicted molar refractivity (Wildman–Crippen MR) is 73.0 cm³/mol. The highest BCUT2D eigenvalue weighted by Gasteiger charge is 2.11. The van der Waals surface area contributed by atoms with E-state index >= 15 is 0 Å². The maximum atomic E-state index is 11.6. The van der Waals surface area contributed by atoms with Crippen molar-refractivity contribution in [1.29, 1.82) is 0 Å². The largest absolute Gasteiger partial charge is 0.323 e. The fraction of sp³-hybridized carbons (Fsp3) is 0.417. The van der Waals surface area contributed by atoms with Gasteiger partial charge in [-0.2, -0.15) is 0 Å². The molecule has 3 nitrogen and oxygen atoms in total. The minimum absolute atomic E-state index is 0.0969. The molecular weight excluding hydrogens is 259 g/mol. The smallest absolute Gasteiger partial charge is 0.225 e.